The Morgan fingerprint density at radius 2 is 1.18 bits per heavy atom. The van der Waals surface area contributed by atoms with E-state index >= 15 is 0 Å². The molecule has 2 heterocycles. The van der Waals surface area contributed by atoms with E-state index in [1.807, 2.05) is 12.1 Å². The first-order valence-corrected chi connectivity index (χ1v) is 14.6. The fourth-order valence-electron chi connectivity index (χ4n) is 1.68. The quantitative estimate of drug-likeness (QED) is 0.352. The minimum atomic E-state index is -1.75. The molecule has 8 heteroatoms. The maximum atomic E-state index is 9.56. The molecule has 0 N–H and O–H groups in total. The summed E-state index contributed by atoms with van der Waals surface area (Å²) >= 11 is -1.75. The summed E-state index contributed by atoms with van der Waals surface area (Å²) < 4.78 is 9.56. The smallest absolute Gasteiger partial charge is 0.0964 e. The predicted octanol–water partition coefficient (Wildman–Crippen LogP) is 4.84. The van der Waals surface area contributed by atoms with E-state index in [1.54, 1.807) is 24.9 Å². The number of benzene rings is 1. The van der Waals surface area contributed by atoms with Crippen LogP contribution in [0.1, 0.15) is 0 Å². The summed E-state index contributed by atoms with van der Waals surface area (Å²) in [6.07, 6.45) is 6.88. The van der Waals surface area contributed by atoms with Gasteiger partial charge in [0.05, 0.1) is 11.0 Å². The Labute approximate surface area is 149 Å². The number of aromatic nitrogens is 2. The van der Waals surface area contributed by atoms with Gasteiger partial charge in [0.15, 0.2) is 0 Å². The van der Waals surface area contributed by atoms with E-state index in [2.05, 4.69) is 34.2 Å². The molecular formula is C14H14Cl3N2ORuS. The molecule has 1 aromatic carbocycles. The maximum absolute atomic E-state index is 9.56. The average molecular weight is 466 g/mol. The number of fused-ring (bicyclic) bond motifs is 3. The van der Waals surface area contributed by atoms with E-state index in [9.17, 15) is 4.21 Å². The third kappa shape index (κ3) is 7.30. The molecule has 0 aliphatic heterocycles. The second-order valence-electron chi connectivity index (χ2n) is 4.11. The van der Waals surface area contributed by atoms with Crippen LogP contribution in [0.15, 0.2) is 48.8 Å². The van der Waals surface area contributed by atoms with E-state index < -0.39 is 23.8 Å². The topological polar surface area (TPSA) is 42.9 Å². The third-order valence-electron chi connectivity index (χ3n) is 2.34. The standard InChI is InChI=1S/C12H8N2.C2H6OS.3ClH.Ru/c1-3-9-5-6-10-4-2-8-14-12(10)11(9)13-7-1;1-4(2)3;;;;/h1-8H;1-2H3;3*1H;/q;;;;;+3/p-3. The molecule has 0 spiro atoms. The van der Waals surface area contributed by atoms with Gasteiger partial charge in [0.1, 0.15) is 0 Å². The Hall–Kier alpha value is -0.317. The Balaban J connectivity index is 0.000000257. The van der Waals surface area contributed by atoms with Crippen molar-refractivity contribution in [2.45, 2.75) is 0 Å². The van der Waals surface area contributed by atoms with Gasteiger partial charge in [0, 0.05) is 46.5 Å². The Morgan fingerprint density at radius 3 is 1.50 bits per heavy atom. The first kappa shape index (κ1) is 19.7. The minimum Gasteiger partial charge on any atom is -0.254 e. The second kappa shape index (κ2) is 10.5. The zero-order valence-corrected chi connectivity index (χ0v) is 16.6. The molecule has 0 radical (unpaired) electrons. The summed E-state index contributed by atoms with van der Waals surface area (Å²) in [5.41, 5.74) is 1.95. The van der Waals surface area contributed by atoms with Gasteiger partial charge in [-0.3, -0.25) is 14.2 Å². The largest absolute Gasteiger partial charge is 0.254 e. The molecular weight excluding hydrogens is 452 g/mol. The van der Waals surface area contributed by atoms with Gasteiger partial charge in [-0.05, 0) is 12.1 Å². The van der Waals surface area contributed by atoms with Crippen molar-refractivity contribution in [2.24, 2.45) is 0 Å². The Kier molecular flexibility index (Phi) is 9.38. The summed E-state index contributed by atoms with van der Waals surface area (Å²) in [5.74, 6) is 0. The molecule has 0 fully saturated rings. The van der Waals surface area contributed by atoms with E-state index in [1.165, 1.54) is 0 Å². The number of nitrogens with zero attached hydrogens (tertiary/aromatic N) is 2. The molecule has 0 amide bonds. The van der Waals surface area contributed by atoms with E-state index in [0.29, 0.717) is 0 Å². The molecule has 0 aliphatic rings. The van der Waals surface area contributed by atoms with Crippen LogP contribution in [0.3, 0.4) is 0 Å². The van der Waals surface area contributed by atoms with Crippen molar-refractivity contribution in [3.05, 3.63) is 48.8 Å². The van der Waals surface area contributed by atoms with Crippen LogP contribution in [0.5, 0.6) is 0 Å². The molecule has 0 saturated heterocycles. The van der Waals surface area contributed by atoms with Gasteiger partial charge in [-0.15, -0.1) is 0 Å². The number of halogens is 3. The number of hydrogen-bond acceptors (Lipinski definition) is 3. The SMILES string of the molecule is CS(C)=O.[Cl][Ru]([Cl])[Cl].c1cnc2c(c1)ccc1cccnc12. The second-order valence-corrected chi connectivity index (χ2v) is 13.5. The maximum Gasteiger partial charge on any atom is 0.0964 e. The summed E-state index contributed by atoms with van der Waals surface area (Å²) in [4.78, 5) is 8.69. The molecule has 0 atom stereocenters. The van der Waals surface area contributed by atoms with Gasteiger partial charge in [-0.1, -0.05) is 24.3 Å². The molecule has 3 rings (SSSR count). The Morgan fingerprint density at radius 1 is 0.864 bits per heavy atom. The number of rotatable bonds is 0. The van der Waals surface area contributed by atoms with Crippen molar-refractivity contribution >= 4 is 61.7 Å². The summed E-state index contributed by atoms with van der Waals surface area (Å²) in [7, 11) is 14.2. The van der Waals surface area contributed by atoms with Crippen LogP contribution in [-0.4, -0.2) is 26.7 Å². The van der Waals surface area contributed by atoms with Crippen molar-refractivity contribution < 1.29 is 17.2 Å². The zero-order valence-electron chi connectivity index (χ0n) is 11.8. The fourth-order valence-corrected chi connectivity index (χ4v) is 1.68. The predicted molar refractivity (Wildman–Crippen MR) is 94.6 cm³/mol. The van der Waals surface area contributed by atoms with Crippen molar-refractivity contribution in [1.29, 1.82) is 0 Å². The van der Waals surface area contributed by atoms with Gasteiger partial charge in [0.2, 0.25) is 0 Å². The van der Waals surface area contributed by atoms with E-state index in [0.717, 1.165) is 21.8 Å². The fraction of sp³-hybridized carbons (Fsp3) is 0.143. The van der Waals surface area contributed by atoms with Gasteiger partial charge >= 0.3 is 42.1 Å². The summed E-state index contributed by atoms with van der Waals surface area (Å²) in [6.45, 7) is 0. The first-order valence-electron chi connectivity index (χ1n) is 5.92. The molecule has 22 heavy (non-hydrogen) atoms. The molecule has 0 aliphatic carbocycles. The average Bonchev–Trinajstić information content (AvgIpc) is 2.46. The zero-order chi connectivity index (χ0) is 16.5. The van der Waals surface area contributed by atoms with Crippen LogP contribution < -0.4 is 0 Å². The van der Waals surface area contributed by atoms with E-state index in [-0.39, 0.29) is 0 Å². The number of hydrogen-bond donors (Lipinski definition) is 0. The molecule has 3 aromatic rings. The molecule has 3 nitrogen and oxygen atoms in total. The molecule has 0 unspecified atom stereocenters. The molecule has 2 aromatic heterocycles. The van der Waals surface area contributed by atoms with Crippen molar-refractivity contribution in [3.8, 4) is 0 Å². The first-order chi connectivity index (χ1) is 10.4. The Bertz CT molecular complexity index is 697. The van der Waals surface area contributed by atoms with Crippen LogP contribution in [0, 0.1) is 0 Å². The molecule has 0 saturated carbocycles. The minimum absolute atomic E-state index is 0.611. The van der Waals surface area contributed by atoms with Crippen molar-refractivity contribution in [1.82, 2.24) is 9.97 Å². The third-order valence-corrected chi connectivity index (χ3v) is 2.34. The van der Waals surface area contributed by atoms with Crippen molar-refractivity contribution in [3.63, 3.8) is 0 Å². The van der Waals surface area contributed by atoms with E-state index in [4.69, 9.17) is 29.1 Å². The monoisotopic (exact) mass is 465 g/mol. The van der Waals surface area contributed by atoms with Gasteiger partial charge in [-0.25, -0.2) is 0 Å². The normalized spacial score (nSPS) is 10.5. The van der Waals surface area contributed by atoms with Crippen LogP contribution in [-0.2, 0) is 23.8 Å². The van der Waals surface area contributed by atoms with Gasteiger partial charge in [0.25, 0.3) is 0 Å². The summed E-state index contributed by atoms with van der Waals surface area (Å²) in [5, 5.41) is 2.28. The molecule has 121 valence electrons. The van der Waals surface area contributed by atoms with Crippen molar-refractivity contribution in [2.75, 3.05) is 12.5 Å². The summed E-state index contributed by atoms with van der Waals surface area (Å²) in [6, 6.07) is 12.1. The number of pyridine rings is 2. The van der Waals surface area contributed by atoms with Crippen LogP contribution in [0.2, 0.25) is 0 Å². The van der Waals surface area contributed by atoms with Gasteiger partial charge in [-0.2, -0.15) is 0 Å². The van der Waals surface area contributed by atoms with Crippen LogP contribution in [0.4, 0.5) is 0 Å². The van der Waals surface area contributed by atoms with Crippen LogP contribution >= 0.6 is 29.1 Å². The molecule has 0 bridgehead atoms. The van der Waals surface area contributed by atoms with Gasteiger partial charge < -0.3 is 0 Å². The van der Waals surface area contributed by atoms with Crippen LogP contribution in [0.25, 0.3) is 21.8 Å².